The average Bonchev–Trinajstić information content (AvgIpc) is 3.02. The topological polar surface area (TPSA) is 30.3 Å². The summed E-state index contributed by atoms with van der Waals surface area (Å²) in [6.07, 6.45) is 2.36. The molecular weight excluding hydrogens is 310 g/mol. The second kappa shape index (κ2) is 7.28. The zero-order valence-electron chi connectivity index (χ0n) is 14.8. The summed E-state index contributed by atoms with van der Waals surface area (Å²) in [7, 11) is 2.20. The minimum atomic E-state index is 0.542. The summed E-state index contributed by atoms with van der Waals surface area (Å²) in [4.78, 5) is 7.38. The second-order valence-electron chi connectivity index (χ2n) is 6.85. The Hall–Kier alpha value is -2.33. The lowest BCUT2D eigenvalue weighted by molar-refractivity contribution is 0.245. The van der Waals surface area contributed by atoms with Gasteiger partial charge in [0.2, 0.25) is 0 Å². The summed E-state index contributed by atoms with van der Waals surface area (Å²) in [6, 6.07) is 18.5. The zero-order valence-corrected chi connectivity index (χ0v) is 14.8. The van der Waals surface area contributed by atoms with Crippen molar-refractivity contribution in [2.24, 2.45) is 0 Å². The first-order valence-corrected chi connectivity index (χ1v) is 9.13. The van der Waals surface area contributed by atoms with Crippen LogP contribution in [0, 0.1) is 0 Å². The number of rotatable bonds is 5. The van der Waals surface area contributed by atoms with E-state index < -0.39 is 0 Å². The molecule has 0 N–H and O–H groups in total. The van der Waals surface area contributed by atoms with Crippen molar-refractivity contribution < 1.29 is 4.74 Å². The van der Waals surface area contributed by atoms with E-state index in [0.717, 1.165) is 30.9 Å². The number of imidazole rings is 1. The number of nitrogens with zero attached hydrogens (tertiary/aromatic N) is 3. The lowest BCUT2D eigenvalue weighted by Gasteiger charge is -2.29. The smallest absolute Gasteiger partial charge is 0.119 e. The number of para-hydroxylation sites is 3. The molecule has 0 bridgehead atoms. The number of aromatic nitrogens is 2. The fraction of sp³-hybridized carbons (Fsp3) is 0.381. The van der Waals surface area contributed by atoms with Gasteiger partial charge in [0, 0.05) is 5.92 Å². The van der Waals surface area contributed by atoms with Gasteiger partial charge >= 0.3 is 0 Å². The molecule has 4 rings (SSSR count). The molecule has 4 heteroatoms. The van der Waals surface area contributed by atoms with E-state index in [2.05, 4.69) is 40.8 Å². The van der Waals surface area contributed by atoms with Gasteiger partial charge in [0.15, 0.2) is 0 Å². The molecule has 1 aromatic heterocycles. The molecule has 2 heterocycles. The number of likely N-dealkylation sites (tertiary alicyclic amines) is 1. The molecule has 0 amide bonds. The van der Waals surface area contributed by atoms with Crippen LogP contribution >= 0.6 is 0 Å². The molecular formula is C21H25N3O. The Labute approximate surface area is 149 Å². The Kier molecular flexibility index (Phi) is 4.70. The third kappa shape index (κ3) is 3.54. The molecule has 1 saturated heterocycles. The summed E-state index contributed by atoms with van der Waals surface area (Å²) < 4.78 is 8.30. The van der Waals surface area contributed by atoms with E-state index in [1.165, 1.54) is 24.2 Å². The highest BCUT2D eigenvalue weighted by atomic mass is 16.5. The number of benzene rings is 2. The van der Waals surface area contributed by atoms with E-state index in [9.17, 15) is 0 Å². The number of fused-ring (bicyclic) bond motifs is 1. The van der Waals surface area contributed by atoms with Crippen LogP contribution in [0.1, 0.15) is 24.6 Å². The van der Waals surface area contributed by atoms with Crippen LogP contribution in [-0.2, 0) is 6.54 Å². The van der Waals surface area contributed by atoms with Crippen LogP contribution in [0.15, 0.2) is 54.6 Å². The number of hydrogen-bond donors (Lipinski definition) is 0. The number of ether oxygens (including phenoxy) is 1. The van der Waals surface area contributed by atoms with E-state index in [1.54, 1.807) is 0 Å². The molecule has 1 aliphatic rings. The maximum atomic E-state index is 5.93. The fourth-order valence-electron chi connectivity index (χ4n) is 3.68. The summed E-state index contributed by atoms with van der Waals surface area (Å²) in [6.45, 7) is 3.78. The first kappa shape index (κ1) is 16.2. The molecule has 0 saturated carbocycles. The molecule has 0 unspecified atom stereocenters. The van der Waals surface area contributed by atoms with Gasteiger partial charge in [-0.15, -0.1) is 0 Å². The second-order valence-corrected chi connectivity index (χ2v) is 6.85. The van der Waals surface area contributed by atoms with Crippen molar-refractivity contribution in [2.45, 2.75) is 25.3 Å². The van der Waals surface area contributed by atoms with Crippen LogP contribution < -0.4 is 4.74 Å². The van der Waals surface area contributed by atoms with Gasteiger partial charge in [-0.3, -0.25) is 0 Å². The van der Waals surface area contributed by atoms with Gasteiger partial charge in [-0.1, -0.05) is 30.3 Å². The number of hydrogen-bond acceptors (Lipinski definition) is 3. The fourth-order valence-corrected chi connectivity index (χ4v) is 3.68. The minimum absolute atomic E-state index is 0.542. The van der Waals surface area contributed by atoms with Gasteiger partial charge in [0.1, 0.15) is 18.2 Å². The molecule has 0 atom stereocenters. The third-order valence-corrected chi connectivity index (χ3v) is 5.09. The monoisotopic (exact) mass is 335 g/mol. The molecule has 130 valence electrons. The summed E-state index contributed by atoms with van der Waals surface area (Å²) in [5, 5.41) is 0. The van der Waals surface area contributed by atoms with Crippen molar-refractivity contribution in [2.75, 3.05) is 26.7 Å². The molecule has 0 radical (unpaired) electrons. The summed E-state index contributed by atoms with van der Waals surface area (Å²) in [5.41, 5.74) is 2.31. The molecule has 4 nitrogen and oxygen atoms in total. The van der Waals surface area contributed by atoms with Crippen LogP contribution in [-0.4, -0.2) is 41.2 Å². The maximum absolute atomic E-state index is 5.93. The first-order valence-electron chi connectivity index (χ1n) is 9.13. The quantitative estimate of drug-likeness (QED) is 0.708. The predicted octanol–water partition coefficient (Wildman–Crippen LogP) is 3.92. The van der Waals surface area contributed by atoms with Gasteiger partial charge in [0.25, 0.3) is 0 Å². The highest BCUT2D eigenvalue weighted by Crippen LogP contribution is 2.29. The third-order valence-electron chi connectivity index (χ3n) is 5.09. The lowest BCUT2D eigenvalue weighted by Crippen LogP contribution is -2.30. The van der Waals surface area contributed by atoms with Crippen LogP contribution in [0.4, 0.5) is 0 Å². The van der Waals surface area contributed by atoms with E-state index in [1.807, 2.05) is 30.3 Å². The van der Waals surface area contributed by atoms with Crippen molar-refractivity contribution in [1.29, 1.82) is 0 Å². The SMILES string of the molecule is CN1CCC(c2nc3ccccc3n2CCOc2ccccc2)CC1. The van der Waals surface area contributed by atoms with Gasteiger partial charge in [-0.25, -0.2) is 4.98 Å². The maximum Gasteiger partial charge on any atom is 0.119 e. The average molecular weight is 335 g/mol. The standard InChI is InChI=1S/C21H25N3O/c1-23-13-11-17(12-14-23)21-22-19-9-5-6-10-20(19)24(21)15-16-25-18-7-3-2-4-8-18/h2-10,17H,11-16H2,1H3. The lowest BCUT2D eigenvalue weighted by atomic mass is 9.96. The largest absolute Gasteiger partial charge is 0.492 e. The Morgan fingerprint density at radius 2 is 1.72 bits per heavy atom. The molecule has 0 aliphatic carbocycles. The van der Waals surface area contributed by atoms with Crippen LogP contribution in [0.2, 0.25) is 0 Å². The van der Waals surface area contributed by atoms with E-state index in [4.69, 9.17) is 9.72 Å². The van der Waals surface area contributed by atoms with Gasteiger partial charge < -0.3 is 14.2 Å². The summed E-state index contributed by atoms with van der Waals surface area (Å²) in [5.74, 6) is 2.69. The summed E-state index contributed by atoms with van der Waals surface area (Å²) >= 11 is 0. The Morgan fingerprint density at radius 3 is 2.52 bits per heavy atom. The molecule has 1 fully saturated rings. The predicted molar refractivity (Wildman–Crippen MR) is 101 cm³/mol. The zero-order chi connectivity index (χ0) is 17.1. The van der Waals surface area contributed by atoms with Crippen LogP contribution in [0.5, 0.6) is 5.75 Å². The van der Waals surface area contributed by atoms with Gasteiger partial charge in [0.05, 0.1) is 17.6 Å². The van der Waals surface area contributed by atoms with E-state index in [-0.39, 0.29) is 0 Å². The van der Waals surface area contributed by atoms with E-state index >= 15 is 0 Å². The molecule has 25 heavy (non-hydrogen) atoms. The van der Waals surface area contributed by atoms with Crippen molar-refractivity contribution in [3.05, 3.63) is 60.4 Å². The molecule has 0 spiro atoms. The normalized spacial score (nSPS) is 16.4. The molecule has 3 aromatic rings. The highest BCUT2D eigenvalue weighted by molar-refractivity contribution is 5.76. The van der Waals surface area contributed by atoms with Crippen molar-refractivity contribution >= 4 is 11.0 Å². The Morgan fingerprint density at radius 1 is 1.00 bits per heavy atom. The van der Waals surface area contributed by atoms with Crippen molar-refractivity contribution in [1.82, 2.24) is 14.5 Å². The highest BCUT2D eigenvalue weighted by Gasteiger charge is 2.24. The first-order chi connectivity index (χ1) is 12.3. The number of piperidine rings is 1. The van der Waals surface area contributed by atoms with Gasteiger partial charge in [-0.2, -0.15) is 0 Å². The molecule has 1 aliphatic heterocycles. The van der Waals surface area contributed by atoms with Crippen molar-refractivity contribution in [3.63, 3.8) is 0 Å². The Bertz CT molecular complexity index is 820. The van der Waals surface area contributed by atoms with E-state index in [0.29, 0.717) is 12.5 Å². The van der Waals surface area contributed by atoms with Crippen molar-refractivity contribution in [3.8, 4) is 5.75 Å². The molecule has 2 aromatic carbocycles. The van der Waals surface area contributed by atoms with Crippen LogP contribution in [0.3, 0.4) is 0 Å². The minimum Gasteiger partial charge on any atom is -0.492 e. The van der Waals surface area contributed by atoms with Crippen LogP contribution in [0.25, 0.3) is 11.0 Å². The van der Waals surface area contributed by atoms with Gasteiger partial charge in [-0.05, 0) is 57.2 Å². The Balaban J connectivity index is 1.56.